The molecule has 0 bridgehead atoms. The van der Waals surface area contributed by atoms with Crippen molar-refractivity contribution in [2.75, 3.05) is 26.3 Å². The number of likely N-dealkylation sites (tertiary alicyclic amines) is 1. The number of ether oxygens (including phenoxy) is 2. The molecule has 0 radical (unpaired) electrons. The molecule has 1 spiro atoms. The highest BCUT2D eigenvalue weighted by Gasteiger charge is 2.40. The summed E-state index contributed by atoms with van der Waals surface area (Å²) in [6, 6.07) is 0. The van der Waals surface area contributed by atoms with Crippen LogP contribution in [0.3, 0.4) is 0 Å². The highest BCUT2D eigenvalue weighted by molar-refractivity contribution is 7.73. The van der Waals surface area contributed by atoms with Crippen LogP contribution in [0.5, 0.6) is 0 Å². The molecule has 1 aromatic heterocycles. The van der Waals surface area contributed by atoms with E-state index in [1.807, 2.05) is 11.8 Å². The summed E-state index contributed by atoms with van der Waals surface area (Å²) in [5.41, 5.74) is 1.00. The molecule has 2 saturated heterocycles. The molecule has 0 aliphatic carbocycles. The van der Waals surface area contributed by atoms with Gasteiger partial charge in [0.25, 0.3) is 0 Å². The van der Waals surface area contributed by atoms with Crippen LogP contribution in [0.15, 0.2) is 0 Å². The molecular formula is C13H18N2O3S2. The van der Waals surface area contributed by atoms with Crippen LogP contribution in [0.2, 0.25) is 0 Å². The lowest BCUT2D eigenvalue weighted by Gasteiger charge is -2.37. The zero-order valence-electron chi connectivity index (χ0n) is 11.4. The number of carbonyl (C=O) groups excluding carboxylic acids is 1. The lowest BCUT2D eigenvalue weighted by molar-refractivity contribution is -0.187. The number of thiazole rings is 1. The highest BCUT2D eigenvalue weighted by atomic mass is 32.1. The summed E-state index contributed by atoms with van der Waals surface area (Å²) in [6.45, 7) is 4.70. The molecule has 20 heavy (non-hydrogen) atoms. The standard InChI is InChI=1S/C13H18N2O3S2/c1-9-10(20-12(19)14-9)8-11(16)15-4-2-13(3-5-15)17-6-7-18-13/h2-8H2,1H3,(H,14,19). The fourth-order valence-corrected chi connectivity index (χ4v) is 4.02. The quantitative estimate of drug-likeness (QED) is 0.849. The first-order valence-corrected chi connectivity index (χ1v) is 8.05. The number of amides is 1. The number of aromatic amines is 1. The number of rotatable bonds is 2. The second-order valence-electron chi connectivity index (χ2n) is 5.23. The van der Waals surface area contributed by atoms with Crippen LogP contribution in [0.4, 0.5) is 0 Å². The first-order valence-electron chi connectivity index (χ1n) is 6.82. The Bertz CT molecular complexity index is 550. The van der Waals surface area contributed by atoms with Crippen molar-refractivity contribution in [1.82, 2.24) is 9.88 Å². The third-order valence-electron chi connectivity index (χ3n) is 3.93. The van der Waals surface area contributed by atoms with E-state index in [1.165, 1.54) is 11.3 Å². The molecule has 7 heteroatoms. The van der Waals surface area contributed by atoms with Crippen molar-refractivity contribution in [3.05, 3.63) is 14.5 Å². The zero-order chi connectivity index (χ0) is 14.2. The Labute approximate surface area is 126 Å². The van der Waals surface area contributed by atoms with Gasteiger partial charge in [0, 0.05) is 36.5 Å². The molecule has 5 nitrogen and oxygen atoms in total. The van der Waals surface area contributed by atoms with Crippen LogP contribution >= 0.6 is 23.6 Å². The van der Waals surface area contributed by atoms with Gasteiger partial charge in [0.15, 0.2) is 9.74 Å². The average Bonchev–Trinajstić information content (AvgIpc) is 2.98. The number of aryl methyl sites for hydroxylation is 1. The maximum Gasteiger partial charge on any atom is 0.227 e. The molecule has 2 fully saturated rings. The van der Waals surface area contributed by atoms with E-state index in [4.69, 9.17) is 21.7 Å². The normalized spacial score (nSPS) is 21.6. The van der Waals surface area contributed by atoms with Crippen molar-refractivity contribution >= 4 is 29.5 Å². The van der Waals surface area contributed by atoms with Crippen molar-refractivity contribution in [2.45, 2.75) is 32.0 Å². The Kier molecular flexibility index (Phi) is 3.94. The molecule has 1 aromatic rings. The lowest BCUT2D eigenvalue weighted by atomic mass is 10.0. The van der Waals surface area contributed by atoms with E-state index >= 15 is 0 Å². The van der Waals surface area contributed by atoms with Gasteiger partial charge in [-0.15, -0.1) is 11.3 Å². The van der Waals surface area contributed by atoms with E-state index in [1.54, 1.807) is 0 Å². The predicted molar refractivity (Wildman–Crippen MR) is 78.4 cm³/mol. The van der Waals surface area contributed by atoms with Gasteiger partial charge in [-0.2, -0.15) is 0 Å². The molecule has 1 amide bonds. The molecule has 3 rings (SSSR count). The topological polar surface area (TPSA) is 54.6 Å². The minimum Gasteiger partial charge on any atom is -0.347 e. The number of hydrogen-bond acceptors (Lipinski definition) is 5. The van der Waals surface area contributed by atoms with Gasteiger partial charge in [0.1, 0.15) is 0 Å². The SMILES string of the molecule is Cc1[nH]c(=S)sc1CC(=O)N1CCC2(CC1)OCCO2. The monoisotopic (exact) mass is 314 g/mol. The third kappa shape index (κ3) is 2.81. The van der Waals surface area contributed by atoms with E-state index < -0.39 is 5.79 Å². The molecule has 0 aromatic carbocycles. The van der Waals surface area contributed by atoms with Gasteiger partial charge < -0.3 is 19.4 Å². The molecule has 0 atom stereocenters. The summed E-state index contributed by atoms with van der Waals surface area (Å²) in [4.78, 5) is 18.4. The second kappa shape index (κ2) is 5.55. The van der Waals surface area contributed by atoms with Crippen LogP contribution in [-0.2, 0) is 20.7 Å². The lowest BCUT2D eigenvalue weighted by Crippen LogP contribution is -2.47. The zero-order valence-corrected chi connectivity index (χ0v) is 13.1. The second-order valence-corrected chi connectivity index (χ2v) is 7.00. The van der Waals surface area contributed by atoms with Gasteiger partial charge in [-0.05, 0) is 19.1 Å². The summed E-state index contributed by atoms with van der Waals surface area (Å²) in [5.74, 6) is -0.261. The fraction of sp³-hybridized carbons (Fsp3) is 0.692. The number of nitrogens with zero attached hydrogens (tertiary/aromatic N) is 1. The Morgan fingerprint density at radius 3 is 2.60 bits per heavy atom. The van der Waals surface area contributed by atoms with Gasteiger partial charge in [-0.3, -0.25) is 4.79 Å². The van der Waals surface area contributed by atoms with E-state index in [-0.39, 0.29) is 5.91 Å². The fourth-order valence-electron chi connectivity index (χ4n) is 2.74. The highest BCUT2D eigenvalue weighted by Crippen LogP contribution is 2.31. The Balaban J connectivity index is 1.59. The molecule has 3 heterocycles. The first-order chi connectivity index (χ1) is 9.58. The Hall–Kier alpha value is -0.760. The summed E-state index contributed by atoms with van der Waals surface area (Å²) in [6.07, 6.45) is 1.96. The molecule has 1 N–H and O–H groups in total. The van der Waals surface area contributed by atoms with Crippen molar-refractivity contribution in [2.24, 2.45) is 0 Å². The molecule has 110 valence electrons. The van der Waals surface area contributed by atoms with Gasteiger partial charge >= 0.3 is 0 Å². The molecular weight excluding hydrogens is 296 g/mol. The van der Waals surface area contributed by atoms with E-state index in [0.717, 1.165) is 27.4 Å². The van der Waals surface area contributed by atoms with Crippen LogP contribution in [-0.4, -0.2) is 47.9 Å². The number of H-pyrrole nitrogens is 1. The maximum absolute atomic E-state index is 12.3. The number of aromatic nitrogens is 1. The summed E-state index contributed by atoms with van der Waals surface area (Å²) < 4.78 is 12.1. The Morgan fingerprint density at radius 1 is 1.40 bits per heavy atom. The summed E-state index contributed by atoms with van der Waals surface area (Å²) in [5, 5.41) is 0. The van der Waals surface area contributed by atoms with Crippen LogP contribution in [0, 0.1) is 10.9 Å². The van der Waals surface area contributed by atoms with Crippen LogP contribution < -0.4 is 0 Å². The smallest absolute Gasteiger partial charge is 0.227 e. The van der Waals surface area contributed by atoms with Gasteiger partial charge in [-0.25, -0.2) is 0 Å². The third-order valence-corrected chi connectivity index (χ3v) is 5.26. The van der Waals surface area contributed by atoms with Crippen LogP contribution in [0.1, 0.15) is 23.4 Å². The molecule has 2 aliphatic heterocycles. The van der Waals surface area contributed by atoms with E-state index in [9.17, 15) is 4.79 Å². The van der Waals surface area contributed by atoms with Crippen molar-refractivity contribution < 1.29 is 14.3 Å². The molecule has 0 unspecified atom stereocenters. The summed E-state index contributed by atoms with van der Waals surface area (Å²) in [7, 11) is 0. The Morgan fingerprint density at radius 2 is 2.05 bits per heavy atom. The van der Waals surface area contributed by atoms with E-state index in [0.29, 0.717) is 32.7 Å². The summed E-state index contributed by atoms with van der Waals surface area (Å²) >= 11 is 6.59. The number of nitrogens with one attached hydrogen (secondary N) is 1. The number of piperidine rings is 1. The minimum absolute atomic E-state index is 0.159. The van der Waals surface area contributed by atoms with Crippen molar-refractivity contribution in [3.63, 3.8) is 0 Å². The molecule has 2 aliphatic rings. The van der Waals surface area contributed by atoms with Gasteiger partial charge in [0.2, 0.25) is 5.91 Å². The van der Waals surface area contributed by atoms with Crippen LogP contribution in [0.25, 0.3) is 0 Å². The van der Waals surface area contributed by atoms with Crippen molar-refractivity contribution in [3.8, 4) is 0 Å². The number of carbonyl (C=O) groups is 1. The minimum atomic E-state index is -0.419. The predicted octanol–water partition coefficient (Wildman–Crippen LogP) is 2.02. The van der Waals surface area contributed by atoms with Gasteiger partial charge in [0.05, 0.1) is 19.6 Å². The average molecular weight is 314 g/mol. The largest absolute Gasteiger partial charge is 0.347 e. The van der Waals surface area contributed by atoms with Gasteiger partial charge in [-0.1, -0.05) is 0 Å². The number of hydrogen-bond donors (Lipinski definition) is 1. The van der Waals surface area contributed by atoms with Crippen molar-refractivity contribution in [1.29, 1.82) is 0 Å². The first kappa shape index (κ1) is 14.2. The maximum atomic E-state index is 12.3. The van der Waals surface area contributed by atoms with E-state index in [2.05, 4.69) is 4.98 Å². The molecule has 0 saturated carbocycles.